The van der Waals surface area contributed by atoms with Crippen LogP contribution in [-0.2, 0) is 14.8 Å². The Hall–Kier alpha value is -2.66. The van der Waals surface area contributed by atoms with Crippen molar-refractivity contribution in [2.45, 2.75) is 18.7 Å². The van der Waals surface area contributed by atoms with E-state index < -0.39 is 10.0 Å². The molecule has 0 atom stereocenters. The fourth-order valence-corrected chi connectivity index (χ4v) is 6.16. The SMILES string of the molecule is COc1ccc(S(=O)(=O)N2CCOCC2)cc1NC(=O)c1ccsc1-n1c(C)ccc1C. The van der Waals surface area contributed by atoms with E-state index >= 15 is 0 Å². The molecular weight excluding hydrogens is 450 g/mol. The first-order valence-electron chi connectivity index (χ1n) is 10.1. The summed E-state index contributed by atoms with van der Waals surface area (Å²) in [6.07, 6.45) is 0. The van der Waals surface area contributed by atoms with Gasteiger partial charge < -0.3 is 19.4 Å². The standard InChI is InChI=1S/C22H25N3O5S2/c1-15-4-5-16(2)25(15)22-18(8-13-31-22)21(26)23-19-14-17(6-7-20(19)29-3)32(27,28)24-9-11-30-12-10-24/h4-8,13-14H,9-12H2,1-3H3,(H,23,26). The van der Waals surface area contributed by atoms with Gasteiger partial charge >= 0.3 is 0 Å². The van der Waals surface area contributed by atoms with Crippen molar-refractivity contribution >= 4 is 33.0 Å². The molecule has 1 amide bonds. The summed E-state index contributed by atoms with van der Waals surface area (Å²) in [5, 5.41) is 5.51. The second kappa shape index (κ2) is 9.07. The number of sulfonamides is 1. The number of aryl methyl sites for hydroxylation is 2. The molecule has 10 heteroatoms. The summed E-state index contributed by atoms with van der Waals surface area (Å²) >= 11 is 1.47. The molecule has 0 unspecified atom stereocenters. The highest BCUT2D eigenvalue weighted by molar-refractivity contribution is 7.89. The molecule has 2 aromatic heterocycles. The van der Waals surface area contributed by atoms with Gasteiger partial charge in [0.1, 0.15) is 10.8 Å². The minimum atomic E-state index is -3.71. The number of amides is 1. The van der Waals surface area contributed by atoms with Crippen LogP contribution in [0, 0.1) is 13.8 Å². The Morgan fingerprint density at radius 2 is 1.78 bits per heavy atom. The first-order chi connectivity index (χ1) is 15.3. The fourth-order valence-electron chi connectivity index (χ4n) is 3.71. The van der Waals surface area contributed by atoms with Gasteiger partial charge in [0.2, 0.25) is 10.0 Å². The highest BCUT2D eigenvalue weighted by Crippen LogP contribution is 2.31. The maximum atomic E-state index is 13.2. The van der Waals surface area contributed by atoms with Crippen molar-refractivity contribution in [3.05, 3.63) is 58.7 Å². The average molecular weight is 476 g/mol. The Morgan fingerprint density at radius 1 is 1.09 bits per heavy atom. The van der Waals surface area contributed by atoms with E-state index in [1.54, 1.807) is 12.1 Å². The number of anilines is 1. The minimum Gasteiger partial charge on any atom is -0.495 e. The van der Waals surface area contributed by atoms with Gasteiger partial charge in [0.05, 0.1) is 36.5 Å². The molecular formula is C22H25N3O5S2. The summed E-state index contributed by atoms with van der Waals surface area (Å²) < 4.78 is 40.1. The van der Waals surface area contributed by atoms with Crippen molar-refractivity contribution in [2.75, 3.05) is 38.7 Å². The minimum absolute atomic E-state index is 0.0955. The van der Waals surface area contributed by atoms with Gasteiger partial charge in [-0.15, -0.1) is 11.3 Å². The van der Waals surface area contributed by atoms with E-state index in [9.17, 15) is 13.2 Å². The van der Waals surface area contributed by atoms with Crippen LogP contribution in [0.3, 0.4) is 0 Å². The molecule has 1 aromatic carbocycles. The number of aromatic nitrogens is 1. The number of nitrogens with zero attached hydrogens (tertiary/aromatic N) is 2. The van der Waals surface area contributed by atoms with E-state index in [1.807, 2.05) is 35.9 Å². The van der Waals surface area contributed by atoms with Crippen LogP contribution in [0.15, 0.2) is 46.7 Å². The smallest absolute Gasteiger partial charge is 0.258 e. The number of hydrogen-bond donors (Lipinski definition) is 1. The lowest BCUT2D eigenvalue weighted by atomic mass is 10.2. The quantitative estimate of drug-likeness (QED) is 0.590. The second-order valence-corrected chi connectivity index (χ2v) is 10.3. The molecule has 170 valence electrons. The van der Waals surface area contributed by atoms with Crippen molar-refractivity contribution in [2.24, 2.45) is 0 Å². The summed E-state index contributed by atoms with van der Waals surface area (Å²) in [4.78, 5) is 13.3. The molecule has 0 aliphatic carbocycles. The number of carbonyl (C=O) groups excluding carboxylic acids is 1. The molecule has 3 heterocycles. The molecule has 1 saturated heterocycles. The Bertz CT molecular complexity index is 1220. The van der Waals surface area contributed by atoms with Gasteiger partial charge in [-0.05, 0) is 55.6 Å². The second-order valence-electron chi connectivity index (χ2n) is 7.42. The molecule has 0 radical (unpaired) electrons. The van der Waals surface area contributed by atoms with Crippen LogP contribution >= 0.6 is 11.3 Å². The van der Waals surface area contributed by atoms with Crippen LogP contribution in [0.25, 0.3) is 5.00 Å². The number of methoxy groups -OCH3 is 1. The van der Waals surface area contributed by atoms with Crippen LogP contribution in [0.1, 0.15) is 21.7 Å². The van der Waals surface area contributed by atoms with Crippen molar-refractivity contribution < 1.29 is 22.7 Å². The normalized spacial score (nSPS) is 15.0. The Labute approximate surface area is 191 Å². The van der Waals surface area contributed by atoms with Gasteiger partial charge in [-0.25, -0.2) is 8.42 Å². The topological polar surface area (TPSA) is 89.9 Å². The molecule has 32 heavy (non-hydrogen) atoms. The summed E-state index contributed by atoms with van der Waals surface area (Å²) in [6.45, 7) is 5.28. The fraction of sp³-hybridized carbons (Fsp3) is 0.318. The average Bonchev–Trinajstić information content (AvgIpc) is 3.40. The molecule has 0 spiro atoms. The highest BCUT2D eigenvalue weighted by Gasteiger charge is 2.27. The zero-order valence-corrected chi connectivity index (χ0v) is 19.8. The Morgan fingerprint density at radius 3 is 2.44 bits per heavy atom. The van der Waals surface area contributed by atoms with Crippen molar-refractivity contribution in [1.29, 1.82) is 0 Å². The van der Waals surface area contributed by atoms with Gasteiger partial charge in [0.15, 0.2) is 0 Å². The van der Waals surface area contributed by atoms with Gasteiger partial charge in [-0.2, -0.15) is 4.31 Å². The summed E-state index contributed by atoms with van der Waals surface area (Å²) in [6, 6.07) is 10.2. The molecule has 0 bridgehead atoms. The molecule has 1 fully saturated rings. The van der Waals surface area contributed by atoms with Crippen LogP contribution in [0.4, 0.5) is 5.69 Å². The summed E-state index contributed by atoms with van der Waals surface area (Å²) in [7, 11) is -2.23. The van der Waals surface area contributed by atoms with Gasteiger partial charge in [0, 0.05) is 24.5 Å². The maximum Gasteiger partial charge on any atom is 0.258 e. The first-order valence-corrected chi connectivity index (χ1v) is 12.4. The predicted octanol–water partition coefficient (Wildman–Crippen LogP) is 3.44. The number of carbonyl (C=O) groups is 1. The zero-order valence-electron chi connectivity index (χ0n) is 18.1. The zero-order chi connectivity index (χ0) is 22.9. The van der Waals surface area contributed by atoms with E-state index in [-0.39, 0.29) is 10.8 Å². The van der Waals surface area contributed by atoms with E-state index in [4.69, 9.17) is 9.47 Å². The van der Waals surface area contributed by atoms with Crippen LogP contribution < -0.4 is 10.1 Å². The third kappa shape index (κ3) is 4.18. The largest absolute Gasteiger partial charge is 0.495 e. The van der Waals surface area contributed by atoms with Crippen molar-refractivity contribution in [3.63, 3.8) is 0 Å². The number of thiophene rings is 1. The number of morpholine rings is 1. The van der Waals surface area contributed by atoms with E-state index in [1.165, 1.54) is 34.9 Å². The lowest BCUT2D eigenvalue weighted by Crippen LogP contribution is -2.40. The van der Waals surface area contributed by atoms with Crippen molar-refractivity contribution in [3.8, 4) is 10.8 Å². The highest BCUT2D eigenvalue weighted by atomic mass is 32.2. The van der Waals surface area contributed by atoms with E-state index in [0.717, 1.165) is 16.4 Å². The molecule has 1 aliphatic heterocycles. The Balaban J connectivity index is 1.66. The molecule has 1 N–H and O–H groups in total. The predicted molar refractivity (Wildman–Crippen MR) is 124 cm³/mol. The number of benzene rings is 1. The number of nitrogens with one attached hydrogen (secondary N) is 1. The molecule has 8 nitrogen and oxygen atoms in total. The molecule has 1 aliphatic rings. The van der Waals surface area contributed by atoms with Gasteiger partial charge in [0.25, 0.3) is 5.91 Å². The summed E-state index contributed by atoms with van der Waals surface area (Å²) in [5.41, 5.74) is 2.84. The number of ether oxygens (including phenoxy) is 2. The third-order valence-electron chi connectivity index (χ3n) is 5.39. The van der Waals surface area contributed by atoms with Crippen molar-refractivity contribution in [1.82, 2.24) is 8.87 Å². The molecule has 3 aromatic rings. The van der Waals surface area contributed by atoms with Crippen LogP contribution in [0.2, 0.25) is 0 Å². The number of rotatable bonds is 6. The lowest BCUT2D eigenvalue weighted by molar-refractivity contribution is 0.0730. The van der Waals surface area contributed by atoms with Gasteiger partial charge in [-0.3, -0.25) is 4.79 Å². The lowest BCUT2D eigenvalue weighted by Gasteiger charge is -2.26. The molecule has 4 rings (SSSR count). The van der Waals surface area contributed by atoms with Gasteiger partial charge in [-0.1, -0.05) is 0 Å². The van der Waals surface area contributed by atoms with E-state index in [2.05, 4.69) is 5.32 Å². The Kier molecular flexibility index (Phi) is 6.38. The van der Waals surface area contributed by atoms with Crippen LogP contribution in [0.5, 0.6) is 5.75 Å². The summed E-state index contributed by atoms with van der Waals surface area (Å²) in [5.74, 6) is 0.0392. The number of hydrogen-bond acceptors (Lipinski definition) is 6. The first kappa shape index (κ1) is 22.5. The monoisotopic (exact) mass is 475 g/mol. The molecule has 0 saturated carbocycles. The van der Waals surface area contributed by atoms with Crippen LogP contribution in [-0.4, -0.2) is 56.6 Å². The third-order valence-corrected chi connectivity index (χ3v) is 8.18. The van der Waals surface area contributed by atoms with E-state index in [0.29, 0.717) is 43.3 Å². The maximum absolute atomic E-state index is 13.2.